The molecular formula is C14H17ClN2O2. The van der Waals surface area contributed by atoms with E-state index in [1.807, 2.05) is 38.2 Å². The number of hydrogen-bond acceptors (Lipinski definition) is 3. The van der Waals surface area contributed by atoms with Crippen LogP contribution in [0.1, 0.15) is 17.0 Å². The average Bonchev–Trinajstić information content (AvgIpc) is 2.64. The van der Waals surface area contributed by atoms with E-state index in [1.165, 1.54) is 0 Å². The van der Waals surface area contributed by atoms with Crippen molar-refractivity contribution in [1.82, 2.24) is 9.78 Å². The summed E-state index contributed by atoms with van der Waals surface area (Å²) in [4.78, 5) is 0. The molecule has 2 aromatic rings. The van der Waals surface area contributed by atoms with Gasteiger partial charge < -0.3 is 9.84 Å². The molecule has 1 aromatic heterocycles. The van der Waals surface area contributed by atoms with Gasteiger partial charge in [-0.15, -0.1) is 0 Å². The summed E-state index contributed by atoms with van der Waals surface area (Å²) in [7, 11) is 1.85. The minimum absolute atomic E-state index is 0.157. The second kappa shape index (κ2) is 6.08. The topological polar surface area (TPSA) is 47.3 Å². The van der Waals surface area contributed by atoms with Gasteiger partial charge in [-0.3, -0.25) is 4.68 Å². The summed E-state index contributed by atoms with van der Waals surface area (Å²) in [6, 6.07) is 7.67. The number of aliphatic hydroxyl groups is 1. The lowest BCUT2D eigenvalue weighted by Gasteiger charge is -2.07. The molecule has 0 spiro atoms. The van der Waals surface area contributed by atoms with E-state index in [-0.39, 0.29) is 6.61 Å². The Balaban J connectivity index is 2.02. The van der Waals surface area contributed by atoms with Crippen LogP contribution in [-0.2, 0) is 20.1 Å². The minimum atomic E-state index is 0.157. The first-order chi connectivity index (χ1) is 9.11. The molecule has 4 nitrogen and oxygen atoms in total. The summed E-state index contributed by atoms with van der Waals surface area (Å²) in [5.74, 6) is 0.775. The quantitative estimate of drug-likeness (QED) is 0.915. The molecular weight excluding hydrogens is 264 g/mol. The van der Waals surface area contributed by atoms with Gasteiger partial charge in [0.2, 0.25) is 0 Å². The van der Waals surface area contributed by atoms with Gasteiger partial charge in [0.1, 0.15) is 12.4 Å². The lowest BCUT2D eigenvalue weighted by molar-refractivity contribution is 0.293. The van der Waals surface area contributed by atoms with Crippen LogP contribution >= 0.6 is 11.6 Å². The molecule has 102 valence electrons. The van der Waals surface area contributed by atoms with Crippen LogP contribution in [0.25, 0.3) is 0 Å². The molecule has 0 saturated heterocycles. The van der Waals surface area contributed by atoms with Crippen LogP contribution in [0.3, 0.4) is 0 Å². The van der Waals surface area contributed by atoms with Crippen LogP contribution in [0.5, 0.6) is 5.75 Å². The minimum Gasteiger partial charge on any atom is -0.487 e. The highest BCUT2D eigenvalue weighted by Gasteiger charge is 2.11. The second-order valence-electron chi connectivity index (χ2n) is 4.38. The number of ether oxygens (including phenoxy) is 1. The van der Waals surface area contributed by atoms with Gasteiger partial charge >= 0.3 is 0 Å². The Labute approximate surface area is 117 Å². The lowest BCUT2D eigenvalue weighted by atomic mass is 10.1. The first-order valence-corrected chi connectivity index (χ1v) is 6.50. The van der Waals surface area contributed by atoms with E-state index in [1.54, 1.807) is 4.68 Å². The van der Waals surface area contributed by atoms with Gasteiger partial charge in [0.25, 0.3) is 0 Å². The Morgan fingerprint density at radius 1 is 1.32 bits per heavy atom. The number of aromatic nitrogens is 2. The molecule has 1 heterocycles. The Bertz CT molecular complexity index is 549. The van der Waals surface area contributed by atoms with Gasteiger partial charge in [0, 0.05) is 13.7 Å². The zero-order valence-corrected chi connectivity index (χ0v) is 11.8. The van der Waals surface area contributed by atoms with Gasteiger partial charge in [-0.25, -0.2) is 0 Å². The first-order valence-electron chi connectivity index (χ1n) is 6.12. The van der Waals surface area contributed by atoms with Crippen molar-refractivity contribution in [3.63, 3.8) is 0 Å². The molecule has 5 heteroatoms. The maximum atomic E-state index is 8.85. The zero-order valence-electron chi connectivity index (χ0n) is 11.1. The van der Waals surface area contributed by atoms with Gasteiger partial charge in [-0.05, 0) is 31.0 Å². The predicted molar refractivity (Wildman–Crippen MR) is 74.5 cm³/mol. The normalized spacial score (nSPS) is 10.7. The Kier molecular flexibility index (Phi) is 4.45. The highest BCUT2D eigenvalue weighted by Crippen LogP contribution is 2.21. The van der Waals surface area contributed by atoms with E-state index in [0.717, 1.165) is 22.7 Å². The second-order valence-corrected chi connectivity index (χ2v) is 4.75. The van der Waals surface area contributed by atoms with Gasteiger partial charge in [0.15, 0.2) is 0 Å². The van der Waals surface area contributed by atoms with E-state index >= 15 is 0 Å². The maximum absolute atomic E-state index is 8.85. The molecule has 0 aliphatic carbocycles. The predicted octanol–water partition coefficient (Wildman–Crippen LogP) is 2.50. The zero-order chi connectivity index (χ0) is 13.8. The summed E-state index contributed by atoms with van der Waals surface area (Å²) in [5, 5.41) is 13.7. The van der Waals surface area contributed by atoms with E-state index in [4.69, 9.17) is 21.4 Å². The molecule has 0 radical (unpaired) electrons. The average molecular weight is 281 g/mol. The lowest BCUT2D eigenvalue weighted by Crippen LogP contribution is -2.03. The van der Waals surface area contributed by atoms with Crippen molar-refractivity contribution in [2.24, 2.45) is 7.05 Å². The smallest absolute Gasteiger partial charge is 0.131 e. The monoisotopic (exact) mass is 280 g/mol. The number of rotatable bonds is 5. The van der Waals surface area contributed by atoms with Crippen LogP contribution in [0.2, 0.25) is 5.02 Å². The SMILES string of the molecule is Cc1nn(C)c(COc2ccc(CCO)cc2)c1Cl. The molecule has 0 fully saturated rings. The van der Waals surface area contributed by atoms with Crippen LogP contribution in [0.15, 0.2) is 24.3 Å². The summed E-state index contributed by atoms with van der Waals surface area (Å²) in [6.45, 7) is 2.41. The Morgan fingerprint density at radius 3 is 2.53 bits per heavy atom. The van der Waals surface area contributed by atoms with E-state index in [2.05, 4.69) is 5.10 Å². The fraction of sp³-hybridized carbons (Fsp3) is 0.357. The Hall–Kier alpha value is -1.52. The van der Waals surface area contributed by atoms with Crippen LogP contribution < -0.4 is 4.74 Å². The third-order valence-electron chi connectivity index (χ3n) is 2.96. The molecule has 0 atom stereocenters. The molecule has 0 amide bonds. The molecule has 1 N–H and O–H groups in total. The third kappa shape index (κ3) is 3.28. The summed E-state index contributed by atoms with van der Waals surface area (Å²) >= 11 is 6.16. The van der Waals surface area contributed by atoms with Gasteiger partial charge in [-0.2, -0.15) is 5.10 Å². The summed E-state index contributed by atoms with van der Waals surface area (Å²) < 4.78 is 7.43. The summed E-state index contributed by atoms with van der Waals surface area (Å²) in [6.07, 6.45) is 0.660. The fourth-order valence-corrected chi connectivity index (χ4v) is 2.08. The van der Waals surface area contributed by atoms with Gasteiger partial charge in [0.05, 0.1) is 16.4 Å². The largest absolute Gasteiger partial charge is 0.487 e. The number of hydrogen-bond donors (Lipinski definition) is 1. The van der Waals surface area contributed by atoms with Crippen molar-refractivity contribution in [2.75, 3.05) is 6.61 Å². The van der Waals surface area contributed by atoms with Crippen molar-refractivity contribution in [3.05, 3.63) is 46.2 Å². The number of aliphatic hydroxyl groups excluding tert-OH is 1. The standard InChI is InChI=1S/C14H17ClN2O2/c1-10-14(15)13(17(2)16-10)9-19-12-5-3-11(4-6-12)7-8-18/h3-6,18H,7-9H2,1-2H3. The van der Waals surface area contributed by atoms with Crippen LogP contribution in [0, 0.1) is 6.92 Å². The van der Waals surface area contributed by atoms with Gasteiger partial charge in [-0.1, -0.05) is 23.7 Å². The van der Waals surface area contributed by atoms with E-state index < -0.39 is 0 Å². The van der Waals surface area contributed by atoms with Crippen molar-refractivity contribution < 1.29 is 9.84 Å². The fourth-order valence-electron chi connectivity index (χ4n) is 1.87. The van der Waals surface area contributed by atoms with Crippen LogP contribution in [-0.4, -0.2) is 21.5 Å². The molecule has 0 saturated carbocycles. The van der Waals surface area contributed by atoms with Crippen molar-refractivity contribution in [3.8, 4) is 5.75 Å². The molecule has 19 heavy (non-hydrogen) atoms. The molecule has 0 bridgehead atoms. The Morgan fingerprint density at radius 2 is 2.00 bits per heavy atom. The molecule has 0 aliphatic heterocycles. The highest BCUT2D eigenvalue weighted by molar-refractivity contribution is 6.31. The molecule has 0 aliphatic rings. The number of halogens is 1. The number of nitrogens with zero attached hydrogens (tertiary/aromatic N) is 2. The van der Waals surface area contributed by atoms with Crippen molar-refractivity contribution in [2.45, 2.75) is 20.0 Å². The van der Waals surface area contributed by atoms with Crippen molar-refractivity contribution >= 4 is 11.6 Å². The number of benzene rings is 1. The van der Waals surface area contributed by atoms with E-state index in [9.17, 15) is 0 Å². The third-order valence-corrected chi connectivity index (χ3v) is 3.45. The maximum Gasteiger partial charge on any atom is 0.131 e. The van der Waals surface area contributed by atoms with Crippen molar-refractivity contribution in [1.29, 1.82) is 0 Å². The van der Waals surface area contributed by atoms with Crippen LogP contribution in [0.4, 0.5) is 0 Å². The molecule has 0 unspecified atom stereocenters. The highest BCUT2D eigenvalue weighted by atomic mass is 35.5. The first kappa shape index (κ1) is 13.9. The summed E-state index contributed by atoms with van der Waals surface area (Å²) in [5.41, 5.74) is 2.75. The molecule has 2 rings (SSSR count). The van der Waals surface area contributed by atoms with E-state index in [0.29, 0.717) is 18.1 Å². The molecule has 1 aromatic carbocycles. The number of aryl methyl sites for hydroxylation is 2.